The summed E-state index contributed by atoms with van der Waals surface area (Å²) in [7, 11) is 0. The summed E-state index contributed by atoms with van der Waals surface area (Å²) in [6, 6.07) is 0. The van der Waals surface area contributed by atoms with Crippen LogP contribution in [0.4, 0.5) is 0 Å². The highest BCUT2D eigenvalue weighted by molar-refractivity contribution is 6.68. The summed E-state index contributed by atoms with van der Waals surface area (Å²) in [6.45, 7) is 1.66. The summed E-state index contributed by atoms with van der Waals surface area (Å²) in [5.74, 6) is 0.513. The summed E-state index contributed by atoms with van der Waals surface area (Å²) in [4.78, 5) is 10.6. The Hall–Kier alpha value is -0.540. The Kier molecular flexibility index (Phi) is 2.52. The molecular weight excluding hydrogens is 189 g/mol. The average molecular weight is 194 g/mol. The molecule has 0 spiro atoms. The summed E-state index contributed by atoms with van der Waals surface area (Å²) < 4.78 is 4.69. The van der Waals surface area contributed by atoms with Crippen molar-refractivity contribution in [1.29, 1.82) is 0 Å². The second kappa shape index (κ2) is 3.24. The lowest BCUT2D eigenvalue weighted by Crippen LogP contribution is -1.98. The Labute approximate surface area is 73.3 Å². The fourth-order valence-corrected chi connectivity index (χ4v) is 0.999. The van der Waals surface area contributed by atoms with Crippen LogP contribution in [0.25, 0.3) is 0 Å². The van der Waals surface area contributed by atoms with Gasteiger partial charge in [-0.05, 0) is 18.5 Å². The highest BCUT2D eigenvalue weighted by Crippen LogP contribution is 2.25. The third kappa shape index (κ3) is 1.73. The molecule has 1 atom stereocenters. The van der Waals surface area contributed by atoms with Gasteiger partial charge in [-0.1, -0.05) is 5.16 Å². The van der Waals surface area contributed by atoms with Gasteiger partial charge in [0.15, 0.2) is 0 Å². The van der Waals surface area contributed by atoms with Gasteiger partial charge in [-0.3, -0.25) is 4.79 Å². The smallest absolute Gasteiger partial charge is 0.244 e. The summed E-state index contributed by atoms with van der Waals surface area (Å²) in [6.07, 6.45) is 1.38. The lowest BCUT2D eigenvalue weighted by molar-refractivity contribution is -0.111. The van der Waals surface area contributed by atoms with Gasteiger partial charge in [0, 0.05) is 5.56 Å². The maximum absolute atomic E-state index is 10.6. The van der Waals surface area contributed by atoms with E-state index in [-0.39, 0.29) is 0 Å². The number of halogens is 2. The van der Waals surface area contributed by atoms with Crippen LogP contribution in [0.15, 0.2) is 10.7 Å². The third-order valence-electron chi connectivity index (χ3n) is 1.26. The first-order chi connectivity index (χ1) is 5.13. The topological polar surface area (TPSA) is 43.1 Å². The SMILES string of the molecule is Cc1oncc1C(Cl)C(=O)Cl. The Balaban J connectivity index is 2.92. The van der Waals surface area contributed by atoms with Crippen molar-refractivity contribution < 1.29 is 9.32 Å². The van der Waals surface area contributed by atoms with Crippen LogP contribution in [0.5, 0.6) is 0 Å². The van der Waals surface area contributed by atoms with Gasteiger partial charge in [-0.15, -0.1) is 11.6 Å². The zero-order chi connectivity index (χ0) is 8.43. The molecule has 5 heteroatoms. The van der Waals surface area contributed by atoms with E-state index in [1.54, 1.807) is 6.92 Å². The summed E-state index contributed by atoms with van der Waals surface area (Å²) in [5, 5.41) is 1.97. The van der Waals surface area contributed by atoms with Crippen molar-refractivity contribution in [2.24, 2.45) is 0 Å². The average Bonchev–Trinajstić information content (AvgIpc) is 2.33. The molecule has 1 heterocycles. The van der Waals surface area contributed by atoms with Crippen molar-refractivity contribution in [3.63, 3.8) is 0 Å². The van der Waals surface area contributed by atoms with Gasteiger partial charge in [0.2, 0.25) is 5.24 Å². The van der Waals surface area contributed by atoms with Crippen LogP contribution in [-0.2, 0) is 4.79 Å². The van der Waals surface area contributed by atoms with E-state index in [0.29, 0.717) is 11.3 Å². The second-order valence-electron chi connectivity index (χ2n) is 2.00. The molecule has 1 aromatic rings. The first-order valence-corrected chi connectivity index (χ1v) is 3.69. The van der Waals surface area contributed by atoms with Crippen molar-refractivity contribution in [1.82, 2.24) is 5.16 Å². The molecule has 1 unspecified atom stereocenters. The minimum absolute atomic E-state index is 0.513. The maximum Gasteiger partial charge on any atom is 0.244 e. The highest BCUT2D eigenvalue weighted by Gasteiger charge is 2.19. The van der Waals surface area contributed by atoms with Gasteiger partial charge in [0.1, 0.15) is 11.1 Å². The number of nitrogens with zero attached hydrogens (tertiary/aromatic N) is 1. The van der Waals surface area contributed by atoms with Gasteiger partial charge >= 0.3 is 0 Å². The zero-order valence-corrected chi connectivity index (χ0v) is 7.19. The number of hydrogen-bond donors (Lipinski definition) is 0. The summed E-state index contributed by atoms with van der Waals surface area (Å²) in [5.41, 5.74) is 0.520. The molecular formula is C6H5Cl2NO2. The lowest BCUT2D eigenvalue weighted by atomic mass is 10.2. The molecule has 0 N–H and O–H groups in total. The minimum atomic E-state index is -0.858. The van der Waals surface area contributed by atoms with E-state index >= 15 is 0 Å². The normalized spacial score (nSPS) is 13.0. The predicted octanol–water partition coefficient (Wildman–Crippen LogP) is 2.03. The van der Waals surface area contributed by atoms with E-state index in [4.69, 9.17) is 27.7 Å². The summed E-state index contributed by atoms with van der Waals surface area (Å²) >= 11 is 10.8. The fourth-order valence-electron chi connectivity index (χ4n) is 0.672. The van der Waals surface area contributed by atoms with E-state index < -0.39 is 10.6 Å². The molecule has 1 aromatic heterocycles. The molecule has 0 bridgehead atoms. The third-order valence-corrected chi connectivity index (χ3v) is 2.02. The number of aromatic nitrogens is 1. The molecule has 11 heavy (non-hydrogen) atoms. The highest BCUT2D eigenvalue weighted by atomic mass is 35.5. The lowest BCUT2D eigenvalue weighted by Gasteiger charge is -1.98. The van der Waals surface area contributed by atoms with Crippen LogP contribution in [0, 0.1) is 6.92 Å². The quantitative estimate of drug-likeness (QED) is 0.534. The molecule has 0 aliphatic rings. The number of rotatable bonds is 2. The number of carbonyl (C=O) groups excluding carboxylic acids is 1. The number of alkyl halides is 1. The molecule has 0 fully saturated rings. The first kappa shape index (κ1) is 8.56. The predicted molar refractivity (Wildman–Crippen MR) is 40.7 cm³/mol. The molecule has 0 radical (unpaired) electrons. The molecule has 0 saturated heterocycles. The van der Waals surface area contributed by atoms with E-state index in [1.807, 2.05) is 0 Å². The molecule has 0 amide bonds. The van der Waals surface area contributed by atoms with Crippen molar-refractivity contribution in [2.45, 2.75) is 12.3 Å². The number of hydrogen-bond acceptors (Lipinski definition) is 3. The standard InChI is InChI=1S/C6H5Cl2NO2/c1-3-4(2-9-11-3)5(7)6(8)10/h2,5H,1H3. The monoisotopic (exact) mass is 193 g/mol. The van der Waals surface area contributed by atoms with Crippen LogP contribution in [0.2, 0.25) is 0 Å². The van der Waals surface area contributed by atoms with Crippen LogP contribution in [-0.4, -0.2) is 10.4 Å². The first-order valence-electron chi connectivity index (χ1n) is 2.87. The van der Waals surface area contributed by atoms with Crippen LogP contribution in [0.3, 0.4) is 0 Å². The van der Waals surface area contributed by atoms with Gasteiger partial charge < -0.3 is 4.52 Å². The van der Waals surface area contributed by atoms with Crippen LogP contribution < -0.4 is 0 Å². The molecule has 0 aliphatic carbocycles. The van der Waals surface area contributed by atoms with E-state index in [1.165, 1.54) is 6.20 Å². The minimum Gasteiger partial charge on any atom is -0.361 e. The second-order valence-corrected chi connectivity index (χ2v) is 2.81. The Morgan fingerprint density at radius 3 is 2.82 bits per heavy atom. The van der Waals surface area contributed by atoms with E-state index in [0.717, 1.165) is 0 Å². The van der Waals surface area contributed by atoms with Gasteiger partial charge in [0.05, 0.1) is 6.20 Å². The molecule has 1 rings (SSSR count). The van der Waals surface area contributed by atoms with Crippen molar-refractivity contribution in [2.75, 3.05) is 0 Å². The molecule has 0 aromatic carbocycles. The molecule has 3 nitrogen and oxygen atoms in total. The van der Waals surface area contributed by atoms with Crippen LogP contribution in [0.1, 0.15) is 16.7 Å². The molecule has 0 aliphatic heterocycles. The Morgan fingerprint density at radius 1 is 1.82 bits per heavy atom. The fraction of sp³-hybridized carbons (Fsp3) is 0.333. The number of aryl methyl sites for hydroxylation is 1. The maximum atomic E-state index is 10.6. The van der Waals surface area contributed by atoms with Gasteiger partial charge in [-0.2, -0.15) is 0 Å². The van der Waals surface area contributed by atoms with Crippen LogP contribution >= 0.6 is 23.2 Å². The molecule has 0 saturated carbocycles. The van der Waals surface area contributed by atoms with Crippen molar-refractivity contribution in [3.8, 4) is 0 Å². The molecule has 60 valence electrons. The van der Waals surface area contributed by atoms with Crippen molar-refractivity contribution in [3.05, 3.63) is 17.5 Å². The number of carbonyl (C=O) groups is 1. The van der Waals surface area contributed by atoms with E-state index in [2.05, 4.69) is 5.16 Å². The largest absolute Gasteiger partial charge is 0.361 e. The zero-order valence-electron chi connectivity index (χ0n) is 5.67. The Morgan fingerprint density at radius 2 is 2.45 bits per heavy atom. The van der Waals surface area contributed by atoms with E-state index in [9.17, 15) is 4.79 Å². The van der Waals surface area contributed by atoms with Gasteiger partial charge in [-0.25, -0.2) is 0 Å². The Bertz CT molecular complexity index is 271. The van der Waals surface area contributed by atoms with Gasteiger partial charge in [0.25, 0.3) is 0 Å². The van der Waals surface area contributed by atoms with Crippen molar-refractivity contribution >= 4 is 28.4 Å².